The third-order valence-electron chi connectivity index (χ3n) is 4.22. The van der Waals surface area contributed by atoms with Gasteiger partial charge < -0.3 is 9.80 Å². The van der Waals surface area contributed by atoms with Gasteiger partial charge in [-0.1, -0.05) is 18.2 Å². The maximum absolute atomic E-state index is 13.9. The van der Waals surface area contributed by atoms with Crippen LogP contribution < -0.4 is 4.90 Å². The molecule has 0 aliphatic carbocycles. The summed E-state index contributed by atoms with van der Waals surface area (Å²) in [5.74, 6) is -0.0125. The zero-order chi connectivity index (χ0) is 16.2. The molecule has 3 rings (SSSR count). The van der Waals surface area contributed by atoms with Crippen molar-refractivity contribution in [2.45, 2.75) is 12.8 Å². The number of halogens is 1. The number of benzene rings is 1. The van der Waals surface area contributed by atoms with Gasteiger partial charge in [-0.05, 0) is 30.7 Å². The summed E-state index contributed by atoms with van der Waals surface area (Å²) in [6.45, 7) is 4.38. The Morgan fingerprint density at radius 3 is 2.52 bits per heavy atom. The Balaban J connectivity index is 1.63. The number of amides is 1. The summed E-state index contributed by atoms with van der Waals surface area (Å²) in [5, 5.41) is 7.97. The lowest BCUT2D eigenvalue weighted by Crippen LogP contribution is -2.50. The minimum atomic E-state index is -0.473. The van der Waals surface area contributed by atoms with E-state index in [1.807, 2.05) is 12.1 Å². The molecule has 1 saturated heterocycles. The van der Waals surface area contributed by atoms with Crippen LogP contribution in [0.4, 0.5) is 10.2 Å². The minimum absolute atomic E-state index is 0.0334. The van der Waals surface area contributed by atoms with Crippen molar-refractivity contribution < 1.29 is 9.18 Å². The number of hydrogen-bond acceptors (Lipinski definition) is 4. The van der Waals surface area contributed by atoms with Crippen molar-refractivity contribution in [2.75, 3.05) is 31.1 Å². The molecule has 120 valence electrons. The summed E-state index contributed by atoms with van der Waals surface area (Å²) in [7, 11) is 0. The lowest BCUT2D eigenvalue weighted by Gasteiger charge is -2.36. The van der Waals surface area contributed by atoms with Gasteiger partial charge >= 0.3 is 0 Å². The average Bonchev–Trinajstić information content (AvgIpc) is 2.62. The van der Waals surface area contributed by atoms with E-state index in [0.717, 1.165) is 5.82 Å². The number of hydrogen-bond donors (Lipinski definition) is 0. The van der Waals surface area contributed by atoms with E-state index in [1.165, 1.54) is 6.07 Å². The molecule has 0 bridgehead atoms. The number of carbonyl (C=O) groups excluding carboxylic acids is 1. The third kappa shape index (κ3) is 3.31. The number of anilines is 1. The topological polar surface area (TPSA) is 49.3 Å². The van der Waals surface area contributed by atoms with Gasteiger partial charge in [0.1, 0.15) is 5.82 Å². The molecule has 1 fully saturated rings. The third-order valence-corrected chi connectivity index (χ3v) is 4.22. The largest absolute Gasteiger partial charge is 0.352 e. The molecule has 0 N–H and O–H groups in total. The standard InChI is InChI=1S/C17H19FN4O/c1-13(14-5-2-3-6-15(14)18)17(23)22-11-9-21(10-12-22)16-7-4-8-19-20-16/h2-8,13H,9-12H2,1H3. The molecule has 1 aliphatic heterocycles. The van der Waals surface area contributed by atoms with Crippen LogP contribution >= 0.6 is 0 Å². The van der Waals surface area contributed by atoms with E-state index < -0.39 is 5.92 Å². The minimum Gasteiger partial charge on any atom is -0.352 e. The Morgan fingerprint density at radius 2 is 1.87 bits per heavy atom. The van der Waals surface area contributed by atoms with Crippen molar-refractivity contribution >= 4 is 11.7 Å². The van der Waals surface area contributed by atoms with Gasteiger partial charge in [-0.3, -0.25) is 4.79 Å². The summed E-state index contributed by atoms with van der Waals surface area (Å²) < 4.78 is 13.9. The Hall–Kier alpha value is -2.50. The Kier molecular flexibility index (Phi) is 4.50. The van der Waals surface area contributed by atoms with Crippen LogP contribution in [-0.2, 0) is 4.79 Å². The van der Waals surface area contributed by atoms with Crippen molar-refractivity contribution in [3.05, 3.63) is 54.0 Å². The SMILES string of the molecule is CC(C(=O)N1CCN(c2cccnn2)CC1)c1ccccc1F. The molecule has 0 saturated carbocycles. The molecule has 1 aromatic carbocycles. The van der Waals surface area contributed by atoms with E-state index in [1.54, 1.807) is 36.2 Å². The fourth-order valence-electron chi connectivity index (χ4n) is 2.85. The predicted octanol–water partition coefficient (Wildman–Crippen LogP) is 2.07. The molecule has 0 radical (unpaired) electrons. The number of piperazine rings is 1. The summed E-state index contributed by atoms with van der Waals surface area (Å²) >= 11 is 0. The van der Waals surface area contributed by atoms with Crippen molar-refractivity contribution in [1.29, 1.82) is 0 Å². The first-order valence-electron chi connectivity index (χ1n) is 7.72. The fourth-order valence-corrected chi connectivity index (χ4v) is 2.85. The van der Waals surface area contributed by atoms with Gasteiger partial charge in [0, 0.05) is 32.4 Å². The van der Waals surface area contributed by atoms with Crippen LogP contribution in [0.15, 0.2) is 42.6 Å². The van der Waals surface area contributed by atoms with Crippen LogP contribution in [0.3, 0.4) is 0 Å². The molecule has 1 amide bonds. The Bertz CT molecular complexity index is 671. The highest BCUT2D eigenvalue weighted by Gasteiger charge is 2.27. The highest BCUT2D eigenvalue weighted by atomic mass is 19.1. The van der Waals surface area contributed by atoms with Gasteiger partial charge in [0.25, 0.3) is 0 Å². The first kappa shape index (κ1) is 15.4. The molecule has 1 aliphatic rings. The zero-order valence-corrected chi connectivity index (χ0v) is 13.0. The summed E-state index contributed by atoms with van der Waals surface area (Å²) in [5.41, 5.74) is 0.453. The molecule has 1 unspecified atom stereocenters. The first-order chi connectivity index (χ1) is 11.2. The van der Waals surface area contributed by atoms with Gasteiger partial charge in [-0.25, -0.2) is 4.39 Å². The average molecular weight is 314 g/mol. The predicted molar refractivity (Wildman–Crippen MR) is 85.6 cm³/mol. The van der Waals surface area contributed by atoms with Crippen molar-refractivity contribution in [3.8, 4) is 0 Å². The van der Waals surface area contributed by atoms with Crippen molar-refractivity contribution in [2.24, 2.45) is 0 Å². The molecular weight excluding hydrogens is 295 g/mol. The van der Waals surface area contributed by atoms with Gasteiger partial charge in [0.2, 0.25) is 5.91 Å². The Labute approximate surface area is 134 Å². The van der Waals surface area contributed by atoms with Crippen LogP contribution in [-0.4, -0.2) is 47.2 Å². The van der Waals surface area contributed by atoms with Crippen LogP contribution in [0.2, 0.25) is 0 Å². The zero-order valence-electron chi connectivity index (χ0n) is 13.0. The van der Waals surface area contributed by atoms with Crippen LogP contribution in [0, 0.1) is 5.82 Å². The van der Waals surface area contributed by atoms with E-state index in [4.69, 9.17) is 0 Å². The number of carbonyl (C=O) groups is 1. The second-order valence-electron chi connectivity index (χ2n) is 5.64. The molecule has 2 aromatic rings. The maximum atomic E-state index is 13.9. The first-order valence-corrected chi connectivity index (χ1v) is 7.72. The summed E-state index contributed by atoms with van der Waals surface area (Å²) in [4.78, 5) is 16.5. The summed E-state index contributed by atoms with van der Waals surface area (Å²) in [6, 6.07) is 10.2. The molecular formula is C17H19FN4O. The van der Waals surface area contributed by atoms with Gasteiger partial charge in [-0.2, -0.15) is 5.10 Å². The fraction of sp³-hybridized carbons (Fsp3) is 0.353. The lowest BCUT2D eigenvalue weighted by molar-refractivity contribution is -0.132. The molecule has 0 spiro atoms. The number of rotatable bonds is 3. The van der Waals surface area contributed by atoms with Crippen LogP contribution in [0.1, 0.15) is 18.4 Å². The quantitative estimate of drug-likeness (QED) is 0.870. The highest BCUT2D eigenvalue weighted by molar-refractivity contribution is 5.83. The van der Waals surface area contributed by atoms with E-state index in [9.17, 15) is 9.18 Å². The second-order valence-corrected chi connectivity index (χ2v) is 5.64. The molecule has 23 heavy (non-hydrogen) atoms. The Morgan fingerprint density at radius 1 is 1.13 bits per heavy atom. The molecule has 1 atom stereocenters. The molecule has 6 heteroatoms. The van der Waals surface area contributed by atoms with Crippen molar-refractivity contribution in [1.82, 2.24) is 15.1 Å². The number of nitrogens with zero attached hydrogens (tertiary/aromatic N) is 4. The van der Waals surface area contributed by atoms with Crippen molar-refractivity contribution in [3.63, 3.8) is 0 Å². The molecule has 5 nitrogen and oxygen atoms in total. The normalized spacial score (nSPS) is 16.3. The summed E-state index contributed by atoms with van der Waals surface area (Å²) in [6.07, 6.45) is 1.64. The van der Waals surface area contributed by atoms with Gasteiger partial charge in [0.05, 0.1) is 5.92 Å². The van der Waals surface area contributed by atoms with E-state index in [0.29, 0.717) is 31.7 Å². The maximum Gasteiger partial charge on any atom is 0.230 e. The van der Waals surface area contributed by atoms with E-state index in [-0.39, 0.29) is 11.7 Å². The van der Waals surface area contributed by atoms with E-state index in [2.05, 4.69) is 15.1 Å². The van der Waals surface area contributed by atoms with Gasteiger partial charge in [0.15, 0.2) is 5.82 Å². The second kappa shape index (κ2) is 6.73. The monoisotopic (exact) mass is 314 g/mol. The highest BCUT2D eigenvalue weighted by Crippen LogP contribution is 2.22. The smallest absolute Gasteiger partial charge is 0.230 e. The molecule has 2 heterocycles. The number of aromatic nitrogens is 2. The van der Waals surface area contributed by atoms with E-state index >= 15 is 0 Å². The van der Waals surface area contributed by atoms with Gasteiger partial charge in [-0.15, -0.1) is 5.10 Å². The lowest BCUT2D eigenvalue weighted by atomic mass is 9.99. The molecule has 1 aromatic heterocycles. The van der Waals surface area contributed by atoms with Crippen LogP contribution in [0.5, 0.6) is 0 Å². The van der Waals surface area contributed by atoms with Crippen LogP contribution in [0.25, 0.3) is 0 Å².